The third-order valence-corrected chi connectivity index (χ3v) is 3.95. The van der Waals surface area contributed by atoms with Crippen LogP contribution in [0, 0.1) is 0 Å². The Morgan fingerprint density at radius 3 is 2.92 bits per heavy atom. The van der Waals surface area contributed by atoms with Crippen LogP contribution >= 0.6 is 0 Å². The van der Waals surface area contributed by atoms with Gasteiger partial charge < -0.3 is 14.3 Å². The van der Waals surface area contributed by atoms with Crippen LogP contribution in [0.4, 0.5) is 13.2 Å². The molecular formula is C15H15F3N2O4. The molecule has 24 heavy (non-hydrogen) atoms. The predicted octanol–water partition coefficient (Wildman–Crippen LogP) is 1.95. The molecule has 0 aliphatic carbocycles. The number of ether oxygens (including phenoxy) is 1. The number of aliphatic hydroxyl groups excluding tert-OH is 1. The van der Waals surface area contributed by atoms with Crippen LogP contribution in [0.15, 0.2) is 22.6 Å². The summed E-state index contributed by atoms with van der Waals surface area (Å²) in [5.41, 5.74) is -0.486. The molecule has 0 radical (unpaired) electrons. The second-order valence-corrected chi connectivity index (χ2v) is 5.65. The summed E-state index contributed by atoms with van der Waals surface area (Å²) in [5.74, 6) is -0.311. The predicted molar refractivity (Wildman–Crippen MR) is 75.8 cm³/mol. The molecule has 9 heteroatoms. The number of rotatable bonds is 3. The van der Waals surface area contributed by atoms with E-state index < -0.39 is 29.9 Å². The van der Waals surface area contributed by atoms with Crippen molar-refractivity contribution in [2.45, 2.75) is 31.3 Å². The van der Waals surface area contributed by atoms with Crippen LogP contribution in [0.5, 0.6) is 0 Å². The first-order valence-corrected chi connectivity index (χ1v) is 7.24. The second kappa shape index (κ2) is 6.06. The average Bonchev–Trinajstić information content (AvgIpc) is 3.07. The number of β-amino-alcohol motifs (C(OH)–C–C–N with tert-alkyl or cyclic N) is 1. The number of hydrogen-bond acceptors (Lipinski definition) is 6. The van der Waals surface area contributed by atoms with Crippen molar-refractivity contribution in [1.82, 2.24) is 9.88 Å². The van der Waals surface area contributed by atoms with Crippen LogP contribution in [-0.2, 0) is 22.3 Å². The number of carbonyl (C=O) groups excluding carboxylic acids is 1. The number of fused-ring (bicyclic) bond motifs is 1. The van der Waals surface area contributed by atoms with Crippen LogP contribution in [0.3, 0.4) is 0 Å². The minimum Gasteiger partial charge on any atom is -0.468 e. The maximum absolute atomic E-state index is 12.7. The Bertz CT molecular complexity index is 759. The zero-order valence-corrected chi connectivity index (χ0v) is 12.7. The molecule has 1 N–H and O–H groups in total. The van der Waals surface area contributed by atoms with Gasteiger partial charge in [0.2, 0.25) is 5.89 Å². The number of carbonyl (C=O) groups is 1. The molecule has 0 unspecified atom stereocenters. The fraction of sp³-hybridized carbons (Fsp3) is 0.467. The van der Waals surface area contributed by atoms with E-state index in [2.05, 4.69) is 4.98 Å². The lowest BCUT2D eigenvalue weighted by molar-refractivity contribution is -0.146. The third-order valence-electron chi connectivity index (χ3n) is 3.95. The number of methoxy groups -OCH3 is 1. The van der Waals surface area contributed by atoms with Crippen molar-refractivity contribution in [2.75, 3.05) is 13.7 Å². The fourth-order valence-corrected chi connectivity index (χ4v) is 2.83. The minimum atomic E-state index is -4.46. The first-order valence-electron chi connectivity index (χ1n) is 7.24. The van der Waals surface area contributed by atoms with Crippen molar-refractivity contribution in [2.24, 2.45) is 0 Å². The lowest BCUT2D eigenvalue weighted by atomic mass is 10.2. The number of benzene rings is 1. The van der Waals surface area contributed by atoms with E-state index in [-0.39, 0.29) is 36.5 Å². The first kappa shape index (κ1) is 16.7. The Morgan fingerprint density at radius 2 is 2.25 bits per heavy atom. The van der Waals surface area contributed by atoms with E-state index >= 15 is 0 Å². The van der Waals surface area contributed by atoms with E-state index in [9.17, 15) is 23.1 Å². The largest absolute Gasteiger partial charge is 0.468 e. The summed E-state index contributed by atoms with van der Waals surface area (Å²) in [6, 6.07) is 2.42. The molecule has 2 atom stereocenters. The summed E-state index contributed by atoms with van der Waals surface area (Å²) >= 11 is 0. The molecule has 1 aromatic carbocycles. The number of aliphatic hydroxyl groups is 1. The van der Waals surface area contributed by atoms with Gasteiger partial charge in [0, 0.05) is 13.0 Å². The molecule has 1 aliphatic rings. The lowest BCUT2D eigenvalue weighted by Gasteiger charge is -2.19. The van der Waals surface area contributed by atoms with Gasteiger partial charge >= 0.3 is 12.1 Å². The Balaban J connectivity index is 1.83. The number of nitrogens with zero attached hydrogens (tertiary/aromatic N) is 2. The number of halogens is 3. The highest BCUT2D eigenvalue weighted by Gasteiger charge is 2.37. The summed E-state index contributed by atoms with van der Waals surface area (Å²) in [4.78, 5) is 17.4. The van der Waals surface area contributed by atoms with Gasteiger partial charge in [-0.2, -0.15) is 13.2 Å². The van der Waals surface area contributed by atoms with E-state index in [0.29, 0.717) is 0 Å². The number of hydrogen-bond donors (Lipinski definition) is 1. The molecule has 0 spiro atoms. The van der Waals surface area contributed by atoms with Crippen molar-refractivity contribution in [3.05, 3.63) is 29.7 Å². The van der Waals surface area contributed by atoms with Gasteiger partial charge in [-0.3, -0.25) is 9.69 Å². The zero-order chi connectivity index (χ0) is 17.5. The van der Waals surface area contributed by atoms with Gasteiger partial charge in [0.25, 0.3) is 0 Å². The highest BCUT2D eigenvalue weighted by molar-refractivity contribution is 5.76. The van der Waals surface area contributed by atoms with Crippen molar-refractivity contribution in [1.29, 1.82) is 0 Å². The first-order chi connectivity index (χ1) is 11.3. The molecule has 0 amide bonds. The van der Waals surface area contributed by atoms with Gasteiger partial charge in [0.15, 0.2) is 5.58 Å². The standard InChI is InChI=1S/C15H15F3N2O4/c1-23-14(22)11-5-9(21)6-20(11)7-13-19-10-4-8(15(16,17)18)2-3-12(10)24-13/h2-4,9,11,21H,5-7H2,1H3/t9-,11+/m0/s1. The van der Waals surface area contributed by atoms with E-state index in [1.54, 1.807) is 4.90 Å². The molecule has 0 bridgehead atoms. The second-order valence-electron chi connectivity index (χ2n) is 5.65. The number of alkyl halides is 3. The van der Waals surface area contributed by atoms with Crippen molar-refractivity contribution in [3.63, 3.8) is 0 Å². The van der Waals surface area contributed by atoms with Crippen molar-refractivity contribution >= 4 is 17.1 Å². The Kier molecular flexibility index (Phi) is 4.22. The monoisotopic (exact) mass is 344 g/mol. The van der Waals surface area contributed by atoms with E-state index in [0.717, 1.165) is 12.1 Å². The SMILES string of the molecule is COC(=O)[C@H]1C[C@H](O)CN1Cc1nc2cc(C(F)(F)F)ccc2o1. The molecule has 2 heterocycles. The third kappa shape index (κ3) is 3.22. The molecule has 1 saturated heterocycles. The lowest BCUT2D eigenvalue weighted by Crippen LogP contribution is -2.36. The van der Waals surface area contributed by atoms with Gasteiger partial charge in [0.1, 0.15) is 11.6 Å². The molecule has 0 saturated carbocycles. The molecule has 1 fully saturated rings. The molecular weight excluding hydrogens is 329 g/mol. The normalized spacial score (nSPS) is 22.2. The van der Waals surface area contributed by atoms with Crippen LogP contribution in [0.1, 0.15) is 17.9 Å². The highest BCUT2D eigenvalue weighted by Crippen LogP contribution is 2.32. The zero-order valence-electron chi connectivity index (χ0n) is 12.7. The summed E-state index contributed by atoms with van der Waals surface area (Å²) in [6.07, 6.45) is -4.91. The summed E-state index contributed by atoms with van der Waals surface area (Å²) in [6.45, 7) is 0.319. The molecule has 130 valence electrons. The Morgan fingerprint density at radius 1 is 1.50 bits per heavy atom. The number of oxazole rings is 1. The number of esters is 1. The van der Waals surface area contributed by atoms with Crippen LogP contribution in [0.2, 0.25) is 0 Å². The maximum atomic E-state index is 12.7. The van der Waals surface area contributed by atoms with Gasteiger partial charge in [-0.1, -0.05) is 0 Å². The molecule has 2 aromatic rings. The van der Waals surface area contributed by atoms with Crippen molar-refractivity contribution < 1.29 is 32.2 Å². The summed E-state index contributed by atoms with van der Waals surface area (Å²) < 4.78 is 48.3. The van der Waals surface area contributed by atoms with Gasteiger partial charge in [-0.05, 0) is 18.2 Å². The fourth-order valence-electron chi connectivity index (χ4n) is 2.83. The highest BCUT2D eigenvalue weighted by atomic mass is 19.4. The number of aromatic nitrogens is 1. The van der Waals surface area contributed by atoms with Gasteiger partial charge in [-0.15, -0.1) is 0 Å². The Hall–Kier alpha value is -2.13. The summed E-state index contributed by atoms with van der Waals surface area (Å²) in [5, 5.41) is 9.73. The quantitative estimate of drug-likeness (QED) is 0.858. The van der Waals surface area contributed by atoms with Crippen molar-refractivity contribution in [3.8, 4) is 0 Å². The summed E-state index contributed by atoms with van der Waals surface area (Å²) in [7, 11) is 1.25. The van der Waals surface area contributed by atoms with E-state index in [4.69, 9.17) is 9.15 Å². The number of likely N-dealkylation sites (tertiary alicyclic amines) is 1. The Labute approximate surface area is 134 Å². The van der Waals surface area contributed by atoms with Crippen LogP contribution in [-0.4, -0.2) is 46.8 Å². The molecule has 1 aromatic heterocycles. The topological polar surface area (TPSA) is 75.8 Å². The maximum Gasteiger partial charge on any atom is 0.416 e. The van der Waals surface area contributed by atoms with Crippen LogP contribution in [0.25, 0.3) is 11.1 Å². The molecule has 6 nitrogen and oxygen atoms in total. The van der Waals surface area contributed by atoms with E-state index in [1.807, 2.05) is 0 Å². The average molecular weight is 344 g/mol. The molecule has 3 rings (SSSR count). The van der Waals surface area contributed by atoms with Gasteiger partial charge in [0.05, 0.1) is 25.3 Å². The van der Waals surface area contributed by atoms with E-state index in [1.165, 1.54) is 13.2 Å². The smallest absolute Gasteiger partial charge is 0.416 e. The van der Waals surface area contributed by atoms with Gasteiger partial charge in [-0.25, -0.2) is 4.98 Å². The molecule has 1 aliphatic heterocycles. The minimum absolute atomic E-state index is 0.0901. The van der Waals surface area contributed by atoms with Crippen LogP contribution < -0.4 is 0 Å².